The Morgan fingerprint density at radius 1 is 1.09 bits per heavy atom. The van der Waals surface area contributed by atoms with Gasteiger partial charge >= 0.3 is 17.9 Å². The number of carbonyl (C=O) groups is 3. The fourth-order valence-corrected chi connectivity index (χ4v) is 10.0. The highest BCUT2D eigenvalue weighted by atomic mass is 16.6. The van der Waals surface area contributed by atoms with Gasteiger partial charge in [0.15, 0.2) is 0 Å². The molecule has 1 aromatic rings. The van der Waals surface area contributed by atoms with E-state index in [2.05, 4.69) is 27.7 Å². The summed E-state index contributed by atoms with van der Waals surface area (Å²) >= 11 is 0. The number of furan rings is 1. The van der Waals surface area contributed by atoms with Crippen molar-refractivity contribution in [3.63, 3.8) is 0 Å². The first-order valence-corrected chi connectivity index (χ1v) is 15.4. The zero-order valence-corrected chi connectivity index (χ0v) is 26.4. The Labute approximate surface area is 253 Å². The predicted molar refractivity (Wildman–Crippen MR) is 155 cm³/mol. The molecule has 5 aliphatic rings. The van der Waals surface area contributed by atoms with Crippen LogP contribution in [0.25, 0.3) is 0 Å². The second kappa shape index (κ2) is 10.3. The number of allylic oxidation sites excluding steroid dienone is 2. The standard InChI is InChI=1S/C34H44O9/c1-9-17(2)31(37)43-25-14-24(41-19(4)35)32(5)16-40-28-29(32)33(25,6)23(13-26(36)38-8)34(7)27-18(3)21(20-10-11-39-15-20)12-22(27)42-30(28)34/h9-11,15,21-25,28-30H,12-14,16H2,1-8H3/b17-9+/t21-,22-,23-,24-,25+,28-,29+,30+,32-,33+,34-/m1/s1. The normalized spacial score (nSPS) is 43.1. The highest BCUT2D eigenvalue weighted by Gasteiger charge is 2.78. The average Bonchev–Trinajstić information content (AvgIpc) is 3.73. The molecule has 3 heterocycles. The van der Waals surface area contributed by atoms with Crippen LogP contribution in [0.3, 0.4) is 0 Å². The molecule has 3 aliphatic carbocycles. The van der Waals surface area contributed by atoms with Crippen LogP contribution in [-0.2, 0) is 38.1 Å². The first kappa shape index (κ1) is 30.1. The lowest BCUT2D eigenvalue weighted by Gasteiger charge is -2.65. The Balaban J connectivity index is 1.55. The van der Waals surface area contributed by atoms with E-state index in [0.29, 0.717) is 18.6 Å². The molecule has 0 amide bonds. The van der Waals surface area contributed by atoms with Crippen molar-refractivity contribution in [2.24, 2.45) is 28.1 Å². The molecule has 0 N–H and O–H groups in total. The largest absolute Gasteiger partial charge is 0.472 e. The van der Waals surface area contributed by atoms with Gasteiger partial charge in [0.05, 0.1) is 44.6 Å². The third-order valence-electron chi connectivity index (χ3n) is 12.0. The summed E-state index contributed by atoms with van der Waals surface area (Å²) in [5, 5.41) is 0. The van der Waals surface area contributed by atoms with Crippen LogP contribution in [0.1, 0.15) is 79.2 Å². The maximum Gasteiger partial charge on any atom is 0.333 e. The van der Waals surface area contributed by atoms with Gasteiger partial charge in [0.1, 0.15) is 12.2 Å². The van der Waals surface area contributed by atoms with Crippen molar-refractivity contribution in [3.8, 4) is 0 Å². The summed E-state index contributed by atoms with van der Waals surface area (Å²) in [6.45, 7) is 13.9. The Morgan fingerprint density at radius 2 is 1.84 bits per heavy atom. The van der Waals surface area contributed by atoms with E-state index >= 15 is 0 Å². The van der Waals surface area contributed by atoms with Gasteiger partial charge < -0.3 is 28.1 Å². The van der Waals surface area contributed by atoms with E-state index in [-0.39, 0.29) is 48.5 Å². The number of fused-ring (bicyclic) bond motifs is 4. The van der Waals surface area contributed by atoms with Crippen molar-refractivity contribution in [2.45, 2.75) is 104 Å². The smallest absolute Gasteiger partial charge is 0.333 e. The Kier molecular flexibility index (Phi) is 7.24. The molecule has 11 atom stereocenters. The number of hydrogen-bond donors (Lipinski definition) is 0. The van der Waals surface area contributed by atoms with Crippen LogP contribution in [0, 0.1) is 28.1 Å². The number of rotatable bonds is 6. The number of carbonyl (C=O) groups excluding carboxylic acids is 3. The van der Waals surface area contributed by atoms with Crippen molar-refractivity contribution < 1.29 is 42.5 Å². The van der Waals surface area contributed by atoms with Crippen LogP contribution < -0.4 is 0 Å². The summed E-state index contributed by atoms with van der Waals surface area (Å²) in [6.07, 6.45) is 4.39. The molecule has 0 unspecified atom stereocenters. The van der Waals surface area contributed by atoms with Gasteiger partial charge in [-0.2, -0.15) is 0 Å². The first-order valence-electron chi connectivity index (χ1n) is 15.4. The Morgan fingerprint density at radius 3 is 2.47 bits per heavy atom. The summed E-state index contributed by atoms with van der Waals surface area (Å²) < 4.78 is 36.8. The zero-order valence-electron chi connectivity index (χ0n) is 26.4. The third-order valence-corrected chi connectivity index (χ3v) is 12.0. The van der Waals surface area contributed by atoms with Gasteiger partial charge in [-0.05, 0) is 50.3 Å². The molecule has 6 rings (SSSR count). The van der Waals surface area contributed by atoms with Gasteiger partial charge in [-0.25, -0.2) is 4.79 Å². The van der Waals surface area contributed by atoms with E-state index in [1.165, 1.54) is 25.2 Å². The number of ether oxygens (including phenoxy) is 5. The molecule has 4 fully saturated rings. The first-order chi connectivity index (χ1) is 20.3. The van der Waals surface area contributed by atoms with E-state index in [1.54, 1.807) is 32.4 Å². The van der Waals surface area contributed by atoms with Crippen LogP contribution in [0.4, 0.5) is 0 Å². The fraction of sp³-hybridized carbons (Fsp3) is 0.676. The maximum atomic E-state index is 13.4. The molecule has 2 aliphatic heterocycles. The Hall–Kier alpha value is -2.91. The third kappa shape index (κ3) is 4.13. The number of hydrogen-bond acceptors (Lipinski definition) is 9. The maximum absolute atomic E-state index is 13.4. The van der Waals surface area contributed by atoms with E-state index < -0.39 is 40.4 Å². The molecule has 2 saturated carbocycles. The summed E-state index contributed by atoms with van der Waals surface area (Å²) in [5.74, 6) is -1.54. The molecule has 2 saturated heterocycles. The van der Waals surface area contributed by atoms with Gasteiger partial charge in [-0.1, -0.05) is 32.4 Å². The topological polar surface area (TPSA) is 111 Å². The lowest BCUT2D eigenvalue weighted by molar-refractivity contribution is -0.251. The molecule has 0 bridgehead atoms. The highest BCUT2D eigenvalue weighted by molar-refractivity contribution is 5.87. The average molecular weight is 597 g/mol. The molecular weight excluding hydrogens is 552 g/mol. The fourth-order valence-electron chi connectivity index (χ4n) is 10.0. The van der Waals surface area contributed by atoms with Gasteiger partial charge in [-0.3, -0.25) is 9.59 Å². The molecule has 0 aromatic carbocycles. The molecular formula is C34H44O9. The summed E-state index contributed by atoms with van der Waals surface area (Å²) in [6, 6.07) is 2.00. The highest BCUT2D eigenvalue weighted by Crippen LogP contribution is 2.74. The quantitative estimate of drug-likeness (QED) is 0.187. The Bertz CT molecular complexity index is 1380. The minimum Gasteiger partial charge on any atom is -0.472 e. The molecule has 43 heavy (non-hydrogen) atoms. The van der Waals surface area contributed by atoms with E-state index in [1.807, 2.05) is 6.07 Å². The second-order valence-electron chi connectivity index (χ2n) is 13.9. The summed E-state index contributed by atoms with van der Waals surface area (Å²) in [4.78, 5) is 39.0. The van der Waals surface area contributed by atoms with Crippen molar-refractivity contribution in [2.75, 3.05) is 13.7 Å². The number of esters is 3. The lowest BCUT2D eigenvalue weighted by Crippen LogP contribution is -2.71. The molecule has 234 valence electrons. The molecule has 0 spiro atoms. The van der Waals surface area contributed by atoms with Gasteiger partial charge in [0.25, 0.3) is 0 Å². The molecule has 1 aromatic heterocycles. The summed E-state index contributed by atoms with van der Waals surface area (Å²) in [7, 11) is 1.41. The SMILES string of the molecule is C/C=C(\C)C(=O)O[C@H]1C[C@@H](OC(C)=O)[C@@]2(C)CO[C@H]3[C@@H]4O[C@@H]5C[C@@H](c6ccoc6)C(C)=C5[C@@]4(C)[C@H](CC(=O)OC)[C@]1(C)[C@@H]32. The van der Waals surface area contributed by atoms with Crippen LogP contribution >= 0.6 is 0 Å². The van der Waals surface area contributed by atoms with Crippen molar-refractivity contribution in [1.29, 1.82) is 0 Å². The molecule has 0 radical (unpaired) electrons. The van der Waals surface area contributed by atoms with Crippen LogP contribution in [-0.4, -0.2) is 62.1 Å². The second-order valence-corrected chi connectivity index (χ2v) is 13.9. The van der Waals surface area contributed by atoms with Crippen LogP contribution in [0.2, 0.25) is 0 Å². The van der Waals surface area contributed by atoms with E-state index in [4.69, 9.17) is 28.1 Å². The van der Waals surface area contributed by atoms with Crippen LogP contribution in [0.5, 0.6) is 0 Å². The van der Waals surface area contributed by atoms with E-state index in [0.717, 1.165) is 12.0 Å². The zero-order chi connectivity index (χ0) is 31.1. The monoisotopic (exact) mass is 596 g/mol. The van der Waals surface area contributed by atoms with E-state index in [9.17, 15) is 14.4 Å². The predicted octanol–water partition coefficient (Wildman–Crippen LogP) is 5.29. The minimum atomic E-state index is -0.741. The minimum absolute atomic E-state index is 0.122. The summed E-state index contributed by atoms with van der Waals surface area (Å²) in [5.41, 5.74) is 2.08. The molecule has 9 nitrogen and oxygen atoms in total. The molecule has 9 heteroatoms. The van der Waals surface area contributed by atoms with Crippen molar-refractivity contribution in [1.82, 2.24) is 0 Å². The lowest BCUT2D eigenvalue weighted by atomic mass is 9.40. The van der Waals surface area contributed by atoms with Gasteiger partial charge in [0, 0.05) is 53.4 Å². The van der Waals surface area contributed by atoms with Crippen LogP contribution in [0.15, 0.2) is 45.8 Å². The van der Waals surface area contributed by atoms with Gasteiger partial charge in [-0.15, -0.1) is 0 Å². The van der Waals surface area contributed by atoms with Gasteiger partial charge in [0.2, 0.25) is 0 Å². The van der Waals surface area contributed by atoms with Crippen molar-refractivity contribution >= 4 is 17.9 Å². The number of methoxy groups -OCH3 is 1. The van der Waals surface area contributed by atoms with Crippen molar-refractivity contribution in [3.05, 3.63) is 47.0 Å².